The van der Waals surface area contributed by atoms with Crippen molar-refractivity contribution in [3.8, 4) is 11.8 Å². The van der Waals surface area contributed by atoms with Gasteiger partial charge in [0.05, 0.1) is 28.7 Å². The fourth-order valence-electron chi connectivity index (χ4n) is 4.14. The van der Waals surface area contributed by atoms with Crippen LogP contribution in [0.4, 0.5) is 40.3 Å². The molecule has 5 rings (SSSR count). The SMILES string of the molecule is COC(=O)c1ccccc1N=Nc1ccc2c(S(=O)(=O)O)ccc(Nc3nc(O)nc(Nc4ccc([N+](=O)[O-])cc4)n3)c2c1O. The number of phenolic OH excluding ortho intramolecular Hbond substituents is 1. The van der Waals surface area contributed by atoms with Gasteiger partial charge in [0.1, 0.15) is 16.3 Å². The average molecular weight is 633 g/mol. The van der Waals surface area contributed by atoms with Crippen LogP contribution in [0.1, 0.15) is 10.4 Å². The van der Waals surface area contributed by atoms with Gasteiger partial charge in [-0.25, -0.2) is 4.79 Å². The van der Waals surface area contributed by atoms with Crippen LogP contribution in [0.15, 0.2) is 87.9 Å². The Morgan fingerprint density at radius 2 is 1.56 bits per heavy atom. The van der Waals surface area contributed by atoms with Crippen LogP contribution < -0.4 is 10.6 Å². The van der Waals surface area contributed by atoms with Gasteiger partial charge in [0.15, 0.2) is 5.75 Å². The molecule has 0 atom stereocenters. The molecule has 0 bridgehead atoms. The molecule has 4 aromatic carbocycles. The summed E-state index contributed by atoms with van der Waals surface area (Å²) in [6, 6.07) is 15.5. The Morgan fingerprint density at radius 3 is 2.22 bits per heavy atom. The summed E-state index contributed by atoms with van der Waals surface area (Å²) in [5.74, 6) is -1.66. The minimum absolute atomic E-state index is 0.0220. The number of nitrogens with zero attached hydrogens (tertiary/aromatic N) is 6. The molecule has 5 N–H and O–H groups in total. The number of anilines is 4. The van der Waals surface area contributed by atoms with Gasteiger partial charge in [0.25, 0.3) is 15.8 Å². The molecule has 0 aliphatic heterocycles. The van der Waals surface area contributed by atoms with Gasteiger partial charge in [-0.15, -0.1) is 10.2 Å². The molecule has 18 heteroatoms. The first-order valence-corrected chi connectivity index (χ1v) is 14.0. The quantitative estimate of drug-likeness (QED) is 0.0456. The Bertz CT molecular complexity index is 2110. The van der Waals surface area contributed by atoms with Gasteiger partial charge in [-0.05, 0) is 42.5 Å². The third-order valence-corrected chi connectivity index (χ3v) is 7.06. The highest BCUT2D eigenvalue weighted by Crippen LogP contribution is 2.43. The molecule has 17 nitrogen and oxygen atoms in total. The van der Waals surface area contributed by atoms with Crippen molar-refractivity contribution in [3.63, 3.8) is 0 Å². The van der Waals surface area contributed by atoms with E-state index in [1.54, 1.807) is 12.1 Å². The molecule has 1 aromatic heterocycles. The summed E-state index contributed by atoms with van der Waals surface area (Å²) in [7, 11) is -3.55. The van der Waals surface area contributed by atoms with Crippen LogP contribution in [0.2, 0.25) is 0 Å². The van der Waals surface area contributed by atoms with E-state index in [1.165, 1.54) is 61.7 Å². The number of ether oxygens (including phenoxy) is 1. The zero-order valence-corrected chi connectivity index (χ0v) is 23.6. The molecule has 1 heterocycles. The molecular formula is C27H20N8O9S. The fourth-order valence-corrected chi connectivity index (χ4v) is 4.83. The molecular weight excluding hydrogens is 612 g/mol. The summed E-state index contributed by atoms with van der Waals surface area (Å²) in [5.41, 5.74) is 0.315. The van der Waals surface area contributed by atoms with Gasteiger partial charge < -0.3 is 25.6 Å². The van der Waals surface area contributed by atoms with E-state index < -0.39 is 37.7 Å². The number of nitro groups is 1. The molecule has 0 spiro atoms. The van der Waals surface area contributed by atoms with Gasteiger partial charge >= 0.3 is 12.0 Å². The van der Waals surface area contributed by atoms with Crippen LogP contribution >= 0.6 is 0 Å². The normalized spacial score (nSPS) is 11.4. The van der Waals surface area contributed by atoms with E-state index in [2.05, 4.69) is 35.8 Å². The molecule has 228 valence electrons. The lowest BCUT2D eigenvalue weighted by Gasteiger charge is -2.14. The van der Waals surface area contributed by atoms with Crippen LogP contribution in [0.3, 0.4) is 0 Å². The first-order valence-electron chi connectivity index (χ1n) is 12.5. The number of nitrogens with one attached hydrogen (secondary N) is 2. The highest BCUT2D eigenvalue weighted by atomic mass is 32.2. The van der Waals surface area contributed by atoms with Crippen LogP contribution in [0.25, 0.3) is 10.8 Å². The second kappa shape index (κ2) is 12.1. The number of nitro benzene ring substituents is 1. The molecule has 0 aliphatic rings. The van der Waals surface area contributed by atoms with Crippen molar-refractivity contribution in [2.24, 2.45) is 10.2 Å². The highest BCUT2D eigenvalue weighted by Gasteiger charge is 2.21. The number of aromatic nitrogens is 3. The van der Waals surface area contributed by atoms with Crippen molar-refractivity contribution >= 4 is 67.2 Å². The predicted molar refractivity (Wildman–Crippen MR) is 159 cm³/mol. The molecule has 0 saturated carbocycles. The Hall–Kier alpha value is -6.27. The molecule has 0 amide bonds. The van der Waals surface area contributed by atoms with Crippen LogP contribution in [0, 0.1) is 10.1 Å². The van der Waals surface area contributed by atoms with E-state index in [-0.39, 0.29) is 51.0 Å². The molecule has 45 heavy (non-hydrogen) atoms. The van der Waals surface area contributed by atoms with E-state index in [1.807, 2.05) is 0 Å². The smallest absolute Gasteiger partial charge is 0.340 e. The number of phenols is 1. The Labute approximate surface area is 252 Å². The number of carbonyl (C=O) groups is 1. The number of esters is 1. The number of aromatic hydroxyl groups is 2. The molecule has 5 aromatic rings. The maximum Gasteiger partial charge on any atom is 0.340 e. The largest absolute Gasteiger partial charge is 0.505 e. The summed E-state index contributed by atoms with van der Waals surface area (Å²) < 4.78 is 38.8. The van der Waals surface area contributed by atoms with Gasteiger partial charge in [0, 0.05) is 23.2 Å². The van der Waals surface area contributed by atoms with Crippen molar-refractivity contribution in [1.82, 2.24) is 15.0 Å². The molecule has 0 radical (unpaired) electrons. The molecule has 0 unspecified atom stereocenters. The first kappa shape index (κ1) is 30.2. The number of hydrogen-bond donors (Lipinski definition) is 5. The van der Waals surface area contributed by atoms with E-state index in [4.69, 9.17) is 4.74 Å². The van der Waals surface area contributed by atoms with Gasteiger partial charge in [-0.1, -0.05) is 18.2 Å². The summed E-state index contributed by atoms with van der Waals surface area (Å²) in [4.78, 5) is 33.6. The van der Waals surface area contributed by atoms with Crippen molar-refractivity contribution in [2.75, 3.05) is 17.7 Å². The third kappa shape index (κ3) is 6.55. The summed E-state index contributed by atoms with van der Waals surface area (Å²) in [5, 5.41) is 45.6. The Balaban J connectivity index is 1.56. The minimum Gasteiger partial charge on any atom is -0.505 e. The minimum atomic E-state index is -4.76. The molecule has 0 fully saturated rings. The standard InChI is InChI=1S/C27H20N8O9S/c1-44-24(37)16-4-2-3-5-18(16)33-34-20-11-10-17-21(45(41,42)43)13-12-19(22(17)23(20)36)29-26-30-25(31-27(38)32-26)28-14-6-8-15(9-7-14)35(39)40/h2-13,36H,1H3,(H,41,42,43)(H3,28,29,30,31,32,38). The number of methoxy groups -OCH3 is 1. The number of fused-ring (bicyclic) bond motifs is 1. The lowest BCUT2D eigenvalue weighted by atomic mass is 10.1. The lowest BCUT2D eigenvalue weighted by molar-refractivity contribution is -0.384. The second-order valence-electron chi connectivity index (χ2n) is 8.99. The van der Waals surface area contributed by atoms with E-state index in [0.717, 1.165) is 6.07 Å². The third-order valence-electron chi connectivity index (χ3n) is 6.15. The van der Waals surface area contributed by atoms with Crippen LogP contribution in [0.5, 0.6) is 11.8 Å². The Morgan fingerprint density at radius 1 is 0.889 bits per heavy atom. The van der Waals surface area contributed by atoms with Gasteiger partial charge in [-0.3, -0.25) is 14.7 Å². The average Bonchev–Trinajstić information content (AvgIpc) is 3.00. The summed E-state index contributed by atoms with van der Waals surface area (Å²) in [6.45, 7) is 0. The van der Waals surface area contributed by atoms with Crippen molar-refractivity contribution < 1.29 is 37.6 Å². The number of benzene rings is 4. The van der Waals surface area contributed by atoms with Gasteiger partial charge in [0.2, 0.25) is 11.9 Å². The Kier molecular flexibility index (Phi) is 8.15. The maximum absolute atomic E-state index is 12.1. The van der Waals surface area contributed by atoms with Crippen LogP contribution in [-0.2, 0) is 14.9 Å². The number of hydrogen-bond acceptors (Lipinski definition) is 15. The van der Waals surface area contributed by atoms with E-state index in [9.17, 15) is 38.1 Å². The highest BCUT2D eigenvalue weighted by molar-refractivity contribution is 7.86. The summed E-state index contributed by atoms with van der Waals surface area (Å²) in [6.07, 6.45) is 0. The number of rotatable bonds is 9. The van der Waals surface area contributed by atoms with E-state index >= 15 is 0 Å². The fraction of sp³-hybridized carbons (Fsp3) is 0.0370. The van der Waals surface area contributed by atoms with E-state index in [0.29, 0.717) is 5.69 Å². The van der Waals surface area contributed by atoms with Crippen molar-refractivity contribution in [3.05, 3.63) is 88.5 Å². The monoisotopic (exact) mass is 632 g/mol. The zero-order valence-electron chi connectivity index (χ0n) is 22.8. The van der Waals surface area contributed by atoms with Crippen molar-refractivity contribution in [2.45, 2.75) is 4.90 Å². The van der Waals surface area contributed by atoms with Crippen LogP contribution in [-0.4, -0.2) is 56.1 Å². The number of non-ortho nitro benzene ring substituents is 1. The first-order chi connectivity index (χ1) is 21.4. The molecule has 0 saturated heterocycles. The van der Waals surface area contributed by atoms with Gasteiger partial charge in [-0.2, -0.15) is 23.4 Å². The maximum atomic E-state index is 12.1. The second-order valence-corrected chi connectivity index (χ2v) is 10.4. The summed E-state index contributed by atoms with van der Waals surface area (Å²) >= 11 is 0. The van der Waals surface area contributed by atoms with Crippen molar-refractivity contribution in [1.29, 1.82) is 0 Å². The number of carbonyl (C=O) groups excluding carboxylic acids is 1. The lowest BCUT2D eigenvalue weighted by Crippen LogP contribution is -2.05. The predicted octanol–water partition coefficient (Wildman–Crippen LogP) is 5.28. The molecule has 0 aliphatic carbocycles. The topological polar surface area (TPSA) is 252 Å². The number of azo groups is 1. The zero-order chi connectivity index (χ0) is 32.3.